The summed E-state index contributed by atoms with van der Waals surface area (Å²) in [5.41, 5.74) is 1.29. The predicted molar refractivity (Wildman–Crippen MR) is 110 cm³/mol. The van der Waals surface area contributed by atoms with E-state index in [0.717, 1.165) is 17.4 Å². The summed E-state index contributed by atoms with van der Waals surface area (Å²) in [6, 6.07) is 8.04. The van der Waals surface area contributed by atoms with Gasteiger partial charge < -0.3 is 15.2 Å². The van der Waals surface area contributed by atoms with Crippen LogP contribution in [0.4, 0.5) is 0 Å². The number of amides is 1. The van der Waals surface area contributed by atoms with Crippen LogP contribution in [-0.4, -0.2) is 51.8 Å². The molecule has 3 aromatic rings. The minimum absolute atomic E-state index is 0.0719. The van der Waals surface area contributed by atoms with Crippen LogP contribution in [0.2, 0.25) is 0 Å². The summed E-state index contributed by atoms with van der Waals surface area (Å²) in [7, 11) is 2.14. The molecule has 4 rings (SSSR count). The highest BCUT2D eigenvalue weighted by Crippen LogP contribution is 2.22. The first-order valence-corrected chi connectivity index (χ1v) is 10.1. The average Bonchev–Trinajstić information content (AvgIpc) is 3.11. The zero-order valence-corrected chi connectivity index (χ0v) is 16.3. The SMILES string of the molecule is CN(CCNC(=O)Cn1ncc2[nH]c(=O)c3ccccc3c21)C1CCCCC1. The van der Waals surface area contributed by atoms with E-state index in [2.05, 4.69) is 27.3 Å². The van der Waals surface area contributed by atoms with Gasteiger partial charge in [-0.15, -0.1) is 0 Å². The molecule has 0 aliphatic heterocycles. The Bertz CT molecular complexity index is 1030. The minimum atomic E-state index is -0.141. The largest absolute Gasteiger partial charge is 0.353 e. The Morgan fingerprint density at radius 2 is 2.00 bits per heavy atom. The Kier molecular flexibility index (Phi) is 5.43. The summed E-state index contributed by atoms with van der Waals surface area (Å²) < 4.78 is 1.66. The standard InChI is InChI=1S/C21H27N5O2/c1-25(15-7-3-2-4-8-15)12-11-22-19(27)14-26-20-16-9-5-6-10-17(16)21(28)24-18(20)13-23-26/h5-6,9-10,13,15H,2-4,7-8,11-12,14H2,1H3,(H,22,27)(H,24,28). The quantitative estimate of drug-likeness (QED) is 0.686. The first-order chi connectivity index (χ1) is 13.6. The molecule has 28 heavy (non-hydrogen) atoms. The van der Waals surface area contributed by atoms with Crippen molar-refractivity contribution in [1.29, 1.82) is 0 Å². The van der Waals surface area contributed by atoms with Gasteiger partial charge in [-0.05, 0) is 26.0 Å². The highest BCUT2D eigenvalue weighted by atomic mass is 16.2. The smallest absolute Gasteiger partial charge is 0.256 e. The van der Waals surface area contributed by atoms with Crippen molar-refractivity contribution < 1.29 is 4.79 Å². The van der Waals surface area contributed by atoms with Gasteiger partial charge in [0.25, 0.3) is 5.56 Å². The normalized spacial score (nSPS) is 15.5. The first kappa shape index (κ1) is 18.7. The molecule has 1 aliphatic rings. The zero-order chi connectivity index (χ0) is 19.5. The number of H-pyrrole nitrogens is 1. The third-order valence-electron chi connectivity index (χ3n) is 5.79. The molecule has 0 spiro atoms. The van der Waals surface area contributed by atoms with Crippen LogP contribution in [0.5, 0.6) is 0 Å². The lowest BCUT2D eigenvalue weighted by Gasteiger charge is -2.31. The fraction of sp³-hybridized carbons (Fsp3) is 0.476. The number of aromatic amines is 1. The molecule has 1 fully saturated rings. The number of hydrogen-bond acceptors (Lipinski definition) is 4. The molecule has 148 valence electrons. The number of hydrogen-bond donors (Lipinski definition) is 2. The number of aromatic nitrogens is 3. The molecule has 0 saturated heterocycles. The van der Waals surface area contributed by atoms with Crippen molar-refractivity contribution >= 4 is 27.7 Å². The van der Waals surface area contributed by atoms with Crippen molar-refractivity contribution in [2.24, 2.45) is 0 Å². The highest BCUT2D eigenvalue weighted by molar-refractivity contribution is 6.03. The van der Waals surface area contributed by atoms with Crippen LogP contribution in [0.25, 0.3) is 21.8 Å². The Labute approximate surface area is 163 Å². The van der Waals surface area contributed by atoms with E-state index in [1.807, 2.05) is 18.2 Å². The molecule has 0 bridgehead atoms. The van der Waals surface area contributed by atoms with Gasteiger partial charge >= 0.3 is 0 Å². The number of nitrogens with one attached hydrogen (secondary N) is 2. The number of carbonyl (C=O) groups is 1. The number of fused-ring (bicyclic) bond motifs is 3. The van der Waals surface area contributed by atoms with Crippen molar-refractivity contribution in [3.8, 4) is 0 Å². The van der Waals surface area contributed by atoms with Crippen LogP contribution >= 0.6 is 0 Å². The highest BCUT2D eigenvalue weighted by Gasteiger charge is 2.18. The average molecular weight is 381 g/mol. The van der Waals surface area contributed by atoms with E-state index < -0.39 is 0 Å². The van der Waals surface area contributed by atoms with Gasteiger partial charge in [-0.25, -0.2) is 0 Å². The van der Waals surface area contributed by atoms with Gasteiger partial charge in [-0.3, -0.25) is 14.3 Å². The summed E-state index contributed by atoms with van der Waals surface area (Å²) in [5, 5.41) is 8.73. The minimum Gasteiger partial charge on any atom is -0.353 e. The second-order valence-electron chi connectivity index (χ2n) is 7.69. The molecule has 2 heterocycles. The molecular weight excluding hydrogens is 354 g/mol. The molecule has 0 radical (unpaired) electrons. The van der Waals surface area contributed by atoms with Crippen molar-refractivity contribution in [1.82, 2.24) is 25.0 Å². The van der Waals surface area contributed by atoms with E-state index in [1.54, 1.807) is 16.9 Å². The van der Waals surface area contributed by atoms with Crippen LogP contribution < -0.4 is 10.9 Å². The molecule has 1 aromatic carbocycles. The lowest BCUT2D eigenvalue weighted by Crippen LogP contribution is -2.40. The zero-order valence-electron chi connectivity index (χ0n) is 16.3. The molecule has 0 atom stereocenters. The van der Waals surface area contributed by atoms with Crippen LogP contribution in [0.3, 0.4) is 0 Å². The summed E-state index contributed by atoms with van der Waals surface area (Å²) in [5.74, 6) is -0.0719. The number of carbonyl (C=O) groups excluding carboxylic acids is 1. The summed E-state index contributed by atoms with van der Waals surface area (Å²) in [6.45, 7) is 1.61. The van der Waals surface area contributed by atoms with E-state index in [4.69, 9.17) is 0 Å². The molecule has 1 saturated carbocycles. The van der Waals surface area contributed by atoms with E-state index in [1.165, 1.54) is 32.1 Å². The molecule has 7 nitrogen and oxygen atoms in total. The Balaban J connectivity index is 1.41. The maximum atomic E-state index is 12.5. The van der Waals surface area contributed by atoms with Gasteiger partial charge in [0, 0.05) is 29.9 Å². The Morgan fingerprint density at radius 3 is 2.79 bits per heavy atom. The fourth-order valence-corrected chi connectivity index (χ4v) is 4.23. The predicted octanol–water partition coefficient (Wildman–Crippen LogP) is 2.26. The maximum absolute atomic E-state index is 12.5. The van der Waals surface area contributed by atoms with Gasteiger partial charge in [0.05, 0.1) is 17.2 Å². The molecule has 1 amide bonds. The fourth-order valence-electron chi connectivity index (χ4n) is 4.23. The lowest BCUT2D eigenvalue weighted by atomic mass is 9.94. The van der Waals surface area contributed by atoms with Crippen molar-refractivity contribution in [2.45, 2.75) is 44.7 Å². The van der Waals surface area contributed by atoms with Gasteiger partial charge in [0.15, 0.2) is 0 Å². The molecule has 0 unspecified atom stereocenters. The third-order valence-corrected chi connectivity index (χ3v) is 5.79. The lowest BCUT2D eigenvalue weighted by molar-refractivity contribution is -0.121. The Hall–Kier alpha value is -2.67. The van der Waals surface area contributed by atoms with Gasteiger partial charge in [-0.1, -0.05) is 37.5 Å². The van der Waals surface area contributed by atoms with E-state index in [0.29, 0.717) is 23.5 Å². The third kappa shape index (κ3) is 3.80. The van der Waals surface area contributed by atoms with Crippen molar-refractivity contribution in [2.75, 3.05) is 20.1 Å². The number of rotatable bonds is 6. The topological polar surface area (TPSA) is 83.0 Å². The number of nitrogens with zero attached hydrogens (tertiary/aromatic N) is 3. The molecule has 7 heteroatoms. The van der Waals surface area contributed by atoms with E-state index in [9.17, 15) is 9.59 Å². The van der Waals surface area contributed by atoms with Crippen LogP contribution in [0.1, 0.15) is 32.1 Å². The van der Waals surface area contributed by atoms with Crippen LogP contribution in [0, 0.1) is 0 Å². The van der Waals surface area contributed by atoms with Gasteiger partial charge in [-0.2, -0.15) is 5.10 Å². The summed E-state index contributed by atoms with van der Waals surface area (Å²) in [4.78, 5) is 29.8. The second kappa shape index (κ2) is 8.14. The molecular formula is C21H27N5O2. The molecule has 2 N–H and O–H groups in total. The Morgan fingerprint density at radius 1 is 1.25 bits per heavy atom. The number of pyridine rings is 1. The molecule has 1 aliphatic carbocycles. The van der Waals surface area contributed by atoms with E-state index in [-0.39, 0.29) is 18.0 Å². The number of likely N-dealkylation sites (N-methyl/N-ethyl adjacent to an activating group) is 1. The summed E-state index contributed by atoms with van der Waals surface area (Å²) >= 11 is 0. The first-order valence-electron chi connectivity index (χ1n) is 10.1. The van der Waals surface area contributed by atoms with Crippen molar-refractivity contribution in [3.63, 3.8) is 0 Å². The van der Waals surface area contributed by atoms with Crippen LogP contribution in [0.15, 0.2) is 35.3 Å². The maximum Gasteiger partial charge on any atom is 0.256 e. The van der Waals surface area contributed by atoms with Gasteiger partial charge in [0.2, 0.25) is 5.91 Å². The van der Waals surface area contributed by atoms with E-state index >= 15 is 0 Å². The second-order valence-corrected chi connectivity index (χ2v) is 7.69. The molecule has 2 aromatic heterocycles. The monoisotopic (exact) mass is 381 g/mol. The van der Waals surface area contributed by atoms with Crippen LogP contribution in [-0.2, 0) is 11.3 Å². The summed E-state index contributed by atoms with van der Waals surface area (Å²) in [6.07, 6.45) is 8.09. The van der Waals surface area contributed by atoms with Crippen molar-refractivity contribution in [3.05, 3.63) is 40.8 Å². The van der Waals surface area contributed by atoms with Gasteiger partial charge in [0.1, 0.15) is 6.54 Å². The number of benzene rings is 1.